The molecule has 1 aromatic carbocycles. The van der Waals surface area contributed by atoms with Gasteiger partial charge in [0.1, 0.15) is 11.4 Å². The van der Waals surface area contributed by atoms with Gasteiger partial charge in [0.15, 0.2) is 0 Å². The van der Waals surface area contributed by atoms with Gasteiger partial charge in [-0.3, -0.25) is 9.48 Å². The molecule has 0 aliphatic heterocycles. The summed E-state index contributed by atoms with van der Waals surface area (Å²) in [7, 11) is 1.78. The van der Waals surface area contributed by atoms with Gasteiger partial charge in [-0.1, -0.05) is 24.3 Å². The third-order valence-electron chi connectivity index (χ3n) is 3.19. The molecule has 20 heavy (non-hydrogen) atoms. The Morgan fingerprint density at radius 3 is 2.45 bits per heavy atom. The van der Waals surface area contributed by atoms with Crippen LogP contribution in [0.1, 0.15) is 27.2 Å². The molecule has 1 aromatic heterocycles. The van der Waals surface area contributed by atoms with Gasteiger partial charge < -0.3 is 16.8 Å². The number of aryl methyl sites for hydroxylation is 2. The number of anilines is 1. The number of nitrogens with two attached hydrogens (primary N) is 2. The SMILES string of the molecule is Cc1nn(C)c(NCc2ccc(CN)cc2)c1C(N)=O. The Hall–Kier alpha value is -2.34. The number of aromatic nitrogens is 2. The molecule has 0 unspecified atom stereocenters. The van der Waals surface area contributed by atoms with Crippen LogP contribution >= 0.6 is 0 Å². The Morgan fingerprint density at radius 1 is 1.30 bits per heavy atom. The van der Waals surface area contributed by atoms with Crippen LogP contribution in [-0.2, 0) is 20.1 Å². The number of nitrogens with one attached hydrogen (secondary N) is 1. The number of amides is 1. The van der Waals surface area contributed by atoms with Gasteiger partial charge in [-0.2, -0.15) is 5.10 Å². The molecule has 2 aromatic rings. The van der Waals surface area contributed by atoms with E-state index in [0.29, 0.717) is 30.2 Å². The summed E-state index contributed by atoms with van der Waals surface area (Å²) in [5, 5.41) is 7.41. The molecule has 0 fully saturated rings. The summed E-state index contributed by atoms with van der Waals surface area (Å²) in [5.74, 6) is 0.162. The van der Waals surface area contributed by atoms with Crippen molar-refractivity contribution in [2.24, 2.45) is 18.5 Å². The molecule has 0 bridgehead atoms. The van der Waals surface area contributed by atoms with Crippen LogP contribution in [0.2, 0.25) is 0 Å². The lowest BCUT2D eigenvalue weighted by atomic mass is 10.1. The predicted octanol–water partition coefficient (Wildman–Crippen LogP) is 0.898. The fraction of sp³-hybridized carbons (Fsp3) is 0.286. The minimum Gasteiger partial charge on any atom is -0.366 e. The number of carbonyl (C=O) groups is 1. The van der Waals surface area contributed by atoms with E-state index in [-0.39, 0.29) is 0 Å². The summed E-state index contributed by atoms with van der Waals surface area (Å²) in [4.78, 5) is 11.5. The molecule has 0 saturated heterocycles. The van der Waals surface area contributed by atoms with Crippen LogP contribution in [-0.4, -0.2) is 15.7 Å². The van der Waals surface area contributed by atoms with Crippen molar-refractivity contribution in [3.63, 3.8) is 0 Å². The van der Waals surface area contributed by atoms with Gasteiger partial charge in [-0.05, 0) is 18.1 Å². The molecule has 0 aliphatic rings. The third-order valence-corrected chi connectivity index (χ3v) is 3.19. The second-order valence-corrected chi connectivity index (χ2v) is 4.67. The first-order valence-corrected chi connectivity index (χ1v) is 6.38. The number of carbonyl (C=O) groups excluding carboxylic acids is 1. The van der Waals surface area contributed by atoms with Crippen LogP contribution in [0.15, 0.2) is 24.3 Å². The van der Waals surface area contributed by atoms with Gasteiger partial charge >= 0.3 is 0 Å². The smallest absolute Gasteiger partial charge is 0.254 e. The number of primary amides is 1. The highest BCUT2D eigenvalue weighted by Gasteiger charge is 2.17. The fourth-order valence-electron chi connectivity index (χ4n) is 2.13. The predicted molar refractivity (Wildman–Crippen MR) is 78.1 cm³/mol. The van der Waals surface area contributed by atoms with Crippen LogP contribution in [0.4, 0.5) is 5.82 Å². The van der Waals surface area contributed by atoms with Crippen molar-refractivity contribution >= 4 is 11.7 Å². The maximum absolute atomic E-state index is 11.5. The zero-order valence-corrected chi connectivity index (χ0v) is 11.7. The molecule has 106 valence electrons. The Labute approximate surface area is 117 Å². The first-order chi connectivity index (χ1) is 9.52. The second-order valence-electron chi connectivity index (χ2n) is 4.67. The van der Waals surface area contributed by atoms with Crippen molar-refractivity contribution in [3.8, 4) is 0 Å². The fourth-order valence-corrected chi connectivity index (χ4v) is 2.13. The first kappa shape index (κ1) is 14.1. The maximum atomic E-state index is 11.5. The van der Waals surface area contributed by atoms with E-state index in [1.54, 1.807) is 18.7 Å². The van der Waals surface area contributed by atoms with Gasteiger partial charge in [0.2, 0.25) is 0 Å². The number of hydrogen-bond acceptors (Lipinski definition) is 4. The van der Waals surface area contributed by atoms with E-state index >= 15 is 0 Å². The number of nitrogens with zero attached hydrogens (tertiary/aromatic N) is 2. The van der Waals surface area contributed by atoms with Gasteiger partial charge in [0.25, 0.3) is 5.91 Å². The van der Waals surface area contributed by atoms with E-state index in [9.17, 15) is 4.79 Å². The molecule has 6 heteroatoms. The summed E-state index contributed by atoms with van der Waals surface area (Å²) in [5.41, 5.74) is 14.2. The quantitative estimate of drug-likeness (QED) is 0.753. The van der Waals surface area contributed by atoms with Gasteiger partial charge in [-0.25, -0.2) is 0 Å². The molecular weight excluding hydrogens is 254 g/mol. The molecule has 2 rings (SSSR count). The molecule has 1 heterocycles. The van der Waals surface area contributed by atoms with Crippen molar-refractivity contribution in [3.05, 3.63) is 46.6 Å². The topological polar surface area (TPSA) is 99.0 Å². The summed E-state index contributed by atoms with van der Waals surface area (Å²) < 4.78 is 1.63. The minimum atomic E-state index is -0.475. The van der Waals surface area contributed by atoms with Gasteiger partial charge in [-0.15, -0.1) is 0 Å². The summed E-state index contributed by atoms with van der Waals surface area (Å²) >= 11 is 0. The van der Waals surface area contributed by atoms with Crippen LogP contribution < -0.4 is 16.8 Å². The van der Waals surface area contributed by atoms with Crippen molar-refractivity contribution < 1.29 is 4.79 Å². The van der Waals surface area contributed by atoms with E-state index in [4.69, 9.17) is 11.5 Å². The van der Waals surface area contributed by atoms with Crippen LogP contribution in [0.5, 0.6) is 0 Å². The lowest BCUT2D eigenvalue weighted by molar-refractivity contribution is 0.100. The molecule has 0 aliphatic carbocycles. The lowest BCUT2D eigenvalue weighted by Gasteiger charge is -2.09. The van der Waals surface area contributed by atoms with Crippen molar-refractivity contribution in [2.45, 2.75) is 20.0 Å². The number of rotatable bonds is 5. The monoisotopic (exact) mass is 273 g/mol. The van der Waals surface area contributed by atoms with Gasteiger partial charge in [0.05, 0.1) is 5.69 Å². The Kier molecular flexibility index (Phi) is 4.05. The summed E-state index contributed by atoms with van der Waals surface area (Å²) in [6.07, 6.45) is 0. The van der Waals surface area contributed by atoms with Crippen molar-refractivity contribution in [1.82, 2.24) is 9.78 Å². The highest BCUT2D eigenvalue weighted by Crippen LogP contribution is 2.19. The maximum Gasteiger partial charge on any atom is 0.254 e. The largest absolute Gasteiger partial charge is 0.366 e. The normalized spacial score (nSPS) is 10.6. The Bertz CT molecular complexity index is 615. The summed E-state index contributed by atoms with van der Waals surface area (Å²) in [6, 6.07) is 7.98. The van der Waals surface area contributed by atoms with E-state index in [0.717, 1.165) is 11.1 Å². The molecule has 1 amide bonds. The van der Waals surface area contributed by atoms with E-state index in [2.05, 4.69) is 10.4 Å². The average Bonchev–Trinajstić information content (AvgIpc) is 2.71. The Morgan fingerprint density at radius 2 is 1.90 bits per heavy atom. The minimum absolute atomic E-state index is 0.436. The zero-order chi connectivity index (χ0) is 14.7. The van der Waals surface area contributed by atoms with E-state index in [1.165, 1.54) is 0 Å². The lowest BCUT2D eigenvalue weighted by Crippen LogP contribution is -2.15. The highest BCUT2D eigenvalue weighted by molar-refractivity contribution is 5.98. The Balaban J connectivity index is 2.16. The van der Waals surface area contributed by atoms with Crippen molar-refractivity contribution in [2.75, 3.05) is 5.32 Å². The molecule has 0 spiro atoms. The van der Waals surface area contributed by atoms with Crippen LogP contribution in [0.3, 0.4) is 0 Å². The third kappa shape index (κ3) is 2.80. The average molecular weight is 273 g/mol. The molecular formula is C14H19N5O. The van der Waals surface area contributed by atoms with E-state index < -0.39 is 5.91 Å². The molecule has 0 radical (unpaired) electrons. The molecule has 0 saturated carbocycles. The zero-order valence-electron chi connectivity index (χ0n) is 11.7. The molecule has 6 nitrogen and oxygen atoms in total. The second kappa shape index (κ2) is 5.75. The first-order valence-electron chi connectivity index (χ1n) is 6.38. The van der Waals surface area contributed by atoms with Crippen LogP contribution in [0.25, 0.3) is 0 Å². The van der Waals surface area contributed by atoms with Crippen LogP contribution in [0, 0.1) is 6.92 Å². The molecule has 5 N–H and O–H groups in total. The van der Waals surface area contributed by atoms with E-state index in [1.807, 2.05) is 24.3 Å². The number of benzene rings is 1. The summed E-state index contributed by atoms with van der Waals surface area (Å²) in [6.45, 7) is 2.88. The van der Waals surface area contributed by atoms with Crippen molar-refractivity contribution in [1.29, 1.82) is 0 Å². The van der Waals surface area contributed by atoms with Gasteiger partial charge in [0, 0.05) is 20.1 Å². The molecule has 0 atom stereocenters. The standard InChI is InChI=1S/C14H19N5O/c1-9-12(13(16)20)14(19(2)18-9)17-8-11-5-3-10(7-15)4-6-11/h3-6,17H,7-8,15H2,1-2H3,(H2,16,20). The highest BCUT2D eigenvalue weighted by atomic mass is 16.1. The number of hydrogen-bond donors (Lipinski definition) is 3.